The van der Waals surface area contributed by atoms with Crippen molar-refractivity contribution in [3.8, 4) is 0 Å². The normalized spacial score (nSPS) is 24.9. The number of ketones is 1. The molecule has 2 aromatic rings. The van der Waals surface area contributed by atoms with Crippen molar-refractivity contribution in [3.63, 3.8) is 0 Å². The maximum atomic E-state index is 12.2. The SMILES string of the molecule is O=C1CC(c2ccccc2)C([N+](=O)[O-])C(c2ccccc2)C1. The predicted octanol–water partition coefficient (Wildman–Crippen LogP) is 3.56. The summed E-state index contributed by atoms with van der Waals surface area (Å²) >= 11 is 0. The van der Waals surface area contributed by atoms with Gasteiger partial charge in [-0.25, -0.2) is 0 Å². The van der Waals surface area contributed by atoms with E-state index >= 15 is 0 Å². The maximum Gasteiger partial charge on any atom is 0.227 e. The highest BCUT2D eigenvalue weighted by atomic mass is 16.6. The number of benzene rings is 2. The Labute approximate surface area is 128 Å². The molecule has 0 heterocycles. The van der Waals surface area contributed by atoms with Gasteiger partial charge in [0.2, 0.25) is 6.04 Å². The zero-order chi connectivity index (χ0) is 15.5. The van der Waals surface area contributed by atoms with Crippen LogP contribution in [0.25, 0.3) is 0 Å². The van der Waals surface area contributed by atoms with Gasteiger partial charge in [0, 0.05) is 17.8 Å². The molecule has 0 aromatic heterocycles. The molecule has 2 unspecified atom stereocenters. The molecule has 0 N–H and O–H groups in total. The van der Waals surface area contributed by atoms with Gasteiger partial charge in [0.15, 0.2) is 0 Å². The first-order chi connectivity index (χ1) is 10.7. The van der Waals surface area contributed by atoms with Gasteiger partial charge in [-0.05, 0) is 11.1 Å². The largest absolute Gasteiger partial charge is 0.300 e. The van der Waals surface area contributed by atoms with Crippen molar-refractivity contribution in [3.05, 3.63) is 81.9 Å². The van der Waals surface area contributed by atoms with Gasteiger partial charge in [-0.3, -0.25) is 14.9 Å². The summed E-state index contributed by atoms with van der Waals surface area (Å²) in [4.78, 5) is 23.7. The van der Waals surface area contributed by atoms with E-state index in [-0.39, 0.29) is 35.4 Å². The highest BCUT2D eigenvalue weighted by Gasteiger charge is 2.46. The van der Waals surface area contributed by atoms with Gasteiger partial charge in [-0.2, -0.15) is 0 Å². The van der Waals surface area contributed by atoms with Gasteiger partial charge in [0.1, 0.15) is 5.78 Å². The molecule has 0 saturated heterocycles. The lowest BCUT2D eigenvalue weighted by Crippen LogP contribution is -2.40. The minimum Gasteiger partial charge on any atom is -0.300 e. The predicted molar refractivity (Wildman–Crippen MR) is 83.4 cm³/mol. The van der Waals surface area contributed by atoms with Crippen LogP contribution in [0.1, 0.15) is 35.8 Å². The van der Waals surface area contributed by atoms with Gasteiger partial charge in [0.25, 0.3) is 0 Å². The molecule has 1 fully saturated rings. The second kappa shape index (κ2) is 6.10. The average molecular weight is 295 g/mol. The number of nitro groups is 1. The molecule has 0 amide bonds. The number of hydrogen-bond donors (Lipinski definition) is 0. The first-order valence-corrected chi connectivity index (χ1v) is 7.42. The average Bonchev–Trinajstić information content (AvgIpc) is 2.55. The number of hydrogen-bond acceptors (Lipinski definition) is 3. The maximum absolute atomic E-state index is 12.2. The fourth-order valence-electron chi connectivity index (χ4n) is 3.42. The lowest BCUT2D eigenvalue weighted by Gasteiger charge is -2.32. The van der Waals surface area contributed by atoms with Crippen molar-refractivity contribution in [2.24, 2.45) is 0 Å². The molecule has 0 radical (unpaired) electrons. The topological polar surface area (TPSA) is 60.2 Å². The van der Waals surface area contributed by atoms with Gasteiger partial charge < -0.3 is 0 Å². The summed E-state index contributed by atoms with van der Waals surface area (Å²) in [5.41, 5.74) is 1.75. The van der Waals surface area contributed by atoms with Crippen LogP contribution in [0.2, 0.25) is 0 Å². The summed E-state index contributed by atoms with van der Waals surface area (Å²) < 4.78 is 0. The summed E-state index contributed by atoms with van der Waals surface area (Å²) in [5.74, 6) is -0.619. The van der Waals surface area contributed by atoms with E-state index in [1.807, 2.05) is 60.7 Å². The van der Waals surface area contributed by atoms with Crippen LogP contribution in [0.3, 0.4) is 0 Å². The smallest absolute Gasteiger partial charge is 0.227 e. The quantitative estimate of drug-likeness (QED) is 0.642. The first kappa shape index (κ1) is 14.4. The van der Waals surface area contributed by atoms with Crippen LogP contribution in [-0.2, 0) is 4.79 Å². The summed E-state index contributed by atoms with van der Waals surface area (Å²) in [6, 6.07) is 18.0. The van der Waals surface area contributed by atoms with E-state index in [1.54, 1.807) is 0 Å². The van der Waals surface area contributed by atoms with E-state index in [4.69, 9.17) is 0 Å². The van der Waals surface area contributed by atoms with Crippen LogP contribution < -0.4 is 0 Å². The summed E-state index contributed by atoms with van der Waals surface area (Å²) in [7, 11) is 0. The molecule has 22 heavy (non-hydrogen) atoms. The molecule has 1 aliphatic carbocycles. The molecule has 1 aliphatic rings. The lowest BCUT2D eigenvalue weighted by atomic mass is 9.71. The minimum atomic E-state index is -0.762. The van der Waals surface area contributed by atoms with Crippen LogP contribution in [0.5, 0.6) is 0 Å². The van der Waals surface area contributed by atoms with Crippen molar-refractivity contribution in [1.82, 2.24) is 0 Å². The standard InChI is InChI=1S/C18H17NO3/c20-15-11-16(13-7-3-1-4-8-13)18(19(21)22)17(12-15)14-9-5-2-6-10-14/h1-10,16-18H,11-12H2. The van der Waals surface area contributed by atoms with Gasteiger partial charge in [-0.1, -0.05) is 60.7 Å². The van der Waals surface area contributed by atoms with Crippen molar-refractivity contribution in [1.29, 1.82) is 0 Å². The Morgan fingerprint density at radius 2 is 1.23 bits per heavy atom. The third-order valence-corrected chi connectivity index (χ3v) is 4.42. The van der Waals surface area contributed by atoms with Crippen LogP contribution in [0.4, 0.5) is 0 Å². The van der Waals surface area contributed by atoms with Gasteiger partial charge >= 0.3 is 0 Å². The molecule has 4 nitrogen and oxygen atoms in total. The summed E-state index contributed by atoms with van der Waals surface area (Å²) in [6.07, 6.45) is 0.498. The fraction of sp³-hybridized carbons (Fsp3) is 0.278. The van der Waals surface area contributed by atoms with E-state index in [0.29, 0.717) is 0 Å². The van der Waals surface area contributed by atoms with E-state index in [1.165, 1.54) is 0 Å². The molecule has 1 saturated carbocycles. The number of carbonyl (C=O) groups excluding carboxylic acids is 1. The Bertz CT molecular complexity index is 618. The second-order valence-corrected chi connectivity index (χ2v) is 5.76. The number of rotatable bonds is 3. The van der Waals surface area contributed by atoms with Crippen LogP contribution in [0.15, 0.2) is 60.7 Å². The number of carbonyl (C=O) groups is 1. The summed E-state index contributed by atoms with van der Waals surface area (Å²) in [5, 5.41) is 11.7. The van der Waals surface area contributed by atoms with E-state index in [0.717, 1.165) is 11.1 Å². The second-order valence-electron chi connectivity index (χ2n) is 5.76. The number of nitrogens with zero attached hydrogens (tertiary/aromatic N) is 1. The molecule has 2 atom stereocenters. The van der Waals surface area contributed by atoms with Crippen molar-refractivity contribution >= 4 is 5.78 Å². The molecule has 3 rings (SSSR count). The molecule has 0 aliphatic heterocycles. The molecular formula is C18H17NO3. The van der Waals surface area contributed by atoms with Crippen molar-refractivity contribution in [2.45, 2.75) is 30.7 Å². The van der Waals surface area contributed by atoms with Crippen molar-refractivity contribution < 1.29 is 9.72 Å². The Morgan fingerprint density at radius 1 is 0.818 bits per heavy atom. The lowest BCUT2D eigenvalue weighted by molar-refractivity contribution is -0.532. The van der Waals surface area contributed by atoms with Crippen LogP contribution >= 0.6 is 0 Å². The third-order valence-electron chi connectivity index (χ3n) is 4.42. The Morgan fingerprint density at radius 3 is 1.59 bits per heavy atom. The van der Waals surface area contributed by atoms with Crippen LogP contribution in [0, 0.1) is 10.1 Å². The molecule has 112 valence electrons. The third kappa shape index (κ3) is 2.77. The zero-order valence-electron chi connectivity index (χ0n) is 12.1. The number of Topliss-reactive ketones (excluding diaryl/α,β-unsaturated/α-hetero) is 1. The monoisotopic (exact) mass is 295 g/mol. The van der Waals surface area contributed by atoms with Crippen molar-refractivity contribution in [2.75, 3.05) is 0 Å². The van der Waals surface area contributed by atoms with E-state index in [9.17, 15) is 14.9 Å². The Balaban J connectivity index is 2.03. The van der Waals surface area contributed by atoms with Gasteiger partial charge in [0.05, 0.1) is 11.8 Å². The molecule has 4 heteroatoms. The fourth-order valence-corrected chi connectivity index (χ4v) is 3.42. The van der Waals surface area contributed by atoms with E-state index < -0.39 is 6.04 Å². The van der Waals surface area contributed by atoms with Crippen LogP contribution in [-0.4, -0.2) is 16.7 Å². The minimum absolute atomic E-state index is 0.0980. The van der Waals surface area contributed by atoms with Gasteiger partial charge in [-0.15, -0.1) is 0 Å². The molecule has 2 aromatic carbocycles. The highest BCUT2D eigenvalue weighted by Crippen LogP contribution is 2.41. The first-order valence-electron chi connectivity index (χ1n) is 7.42. The zero-order valence-corrected chi connectivity index (χ0v) is 12.1. The molecule has 0 spiro atoms. The molecular weight excluding hydrogens is 278 g/mol. The Kier molecular flexibility index (Phi) is 4.00. The highest BCUT2D eigenvalue weighted by molar-refractivity contribution is 5.81. The summed E-state index contributed by atoms with van der Waals surface area (Å²) in [6.45, 7) is 0. The molecule has 0 bridgehead atoms. The van der Waals surface area contributed by atoms with E-state index in [2.05, 4.69) is 0 Å². The Hall–Kier alpha value is -2.49.